The molecule has 0 radical (unpaired) electrons. The summed E-state index contributed by atoms with van der Waals surface area (Å²) < 4.78 is 5.30. The summed E-state index contributed by atoms with van der Waals surface area (Å²) in [7, 11) is 0. The van der Waals surface area contributed by atoms with E-state index in [1.54, 1.807) is 18.3 Å². The quantitative estimate of drug-likeness (QED) is 0.643. The number of amides is 2. The third-order valence-electron chi connectivity index (χ3n) is 3.47. The van der Waals surface area contributed by atoms with Gasteiger partial charge in [-0.3, -0.25) is 14.6 Å². The molecule has 2 aromatic heterocycles. The van der Waals surface area contributed by atoms with Crippen molar-refractivity contribution in [2.45, 2.75) is 13.5 Å². The highest BCUT2D eigenvalue weighted by Crippen LogP contribution is 2.32. The summed E-state index contributed by atoms with van der Waals surface area (Å²) in [5, 5.41) is 5.57. The zero-order valence-corrected chi connectivity index (χ0v) is 16.2. The fraction of sp³-hybridized carbons (Fsp3) is 0.111. The number of hydrogen-bond acceptors (Lipinski definition) is 5. The monoisotopic (exact) mass is 430 g/mol. The highest BCUT2D eigenvalue weighted by atomic mass is 79.9. The van der Waals surface area contributed by atoms with E-state index in [0.717, 1.165) is 21.6 Å². The lowest BCUT2D eigenvalue weighted by molar-refractivity contribution is -0.114. The molecule has 3 aromatic rings. The van der Waals surface area contributed by atoms with Crippen LogP contribution in [0.2, 0.25) is 0 Å². The van der Waals surface area contributed by atoms with E-state index in [9.17, 15) is 9.59 Å². The summed E-state index contributed by atoms with van der Waals surface area (Å²) >= 11 is 4.41. The molecule has 0 aliphatic heterocycles. The number of hydrogen-bond donors (Lipinski definition) is 2. The molecule has 8 heteroatoms. The van der Waals surface area contributed by atoms with Gasteiger partial charge in [0.1, 0.15) is 10.6 Å². The van der Waals surface area contributed by atoms with E-state index in [4.69, 9.17) is 0 Å². The first-order valence-electron chi connectivity index (χ1n) is 7.76. The summed E-state index contributed by atoms with van der Waals surface area (Å²) in [6.45, 7) is 1.77. The number of nitrogens with zero attached hydrogens (tertiary/aromatic N) is 2. The number of halogens is 1. The maximum absolute atomic E-state index is 12.6. The van der Waals surface area contributed by atoms with Gasteiger partial charge in [-0.2, -0.15) is 4.37 Å². The smallest absolute Gasteiger partial charge is 0.265 e. The molecule has 132 valence electrons. The molecule has 6 nitrogen and oxygen atoms in total. The maximum atomic E-state index is 12.6. The van der Waals surface area contributed by atoms with Gasteiger partial charge in [-0.15, -0.1) is 0 Å². The molecule has 2 amide bonds. The van der Waals surface area contributed by atoms with Crippen molar-refractivity contribution in [3.63, 3.8) is 0 Å². The number of pyridine rings is 1. The minimum atomic E-state index is -0.295. The molecule has 2 heterocycles. The number of anilines is 1. The second-order valence-corrected chi connectivity index (χ2v) is 7.13. The third kappa shape index (κ3) is 4.33. The third-order valence-corrected chi connectivity index (χ3v) is 4.85. The lowest BCUT2D eigenvalue weighted by atomic mass is 10.2. The van der Waals surface area contributed by atoms with Gasteiger partial charge in [0.15, 0.2) is 0 Å². The Morgan fingerprint density at radius 2 is 1.92 bits per heavy atom. The molecular formula is C18H15BrN4O2S. The summed E-state index contributed by atoms with van der Waals surface area (Å²) in [6.07, 6.45) is 1.64. The fourth-order valence-corrected chi connectivity index (χ4v) is 3.31. The molecule has 0 aliphatic carbocycles. The molecule has 0 saturated carbocycles. The molecule has 0 saturated heterocycles. The SMILES string of the molecule is CC(=O)Nc1c(-c2ccccn2)nsc1C(=O)NCc1ccc(Br)cc1. The van der Waals surface area contributed by atoms with E-state index in [2.05, 4.69) is 35.9 Å². The van der Waals surface area contributed by atoms with Gasteiger partial charge in [0.2, 0.25) is 5.91 Å². The van der Waals surface area contributed by atoms with Crippen molar-refractivity contribution in [3.8, 4) is 11.4 Å². The Labute approximate surface area is 163 Å². The molecule has 0 fully saturated rings. The molecule has 0 spiro atoms. The van der Waals surface area contributed by atoms with Crippen LogP contribution in [0.25, 0.3) is 11.4 Å². The second-order valence-electron chi connectivity index (χ2n) is 5.44. The summed E-state index contributed by atoms with van der Waals surface area (Å²) in [4.78, 5) is 28.8. The van der Waals surface area contributed by atoms with Crippen LogP contribution in [0.15, 0.2) is 53.1 Å². The maximum Gasteiger partial charge on any atom is 0.265 e. The van der Waals surface area contributed by atoms with Gasteiger partial charge in [-0.25, -0.2) is 0 Å². The van der Waals surface area contributed by atoms with Crippen molar-refractivity contribution in [2.24, 2.45) is 0 Å². The van der Waals surface area contributed by atoms with E-state index >= 15 is 0 Å². The Balaban J connectivity index is 1.84. The Morgan fingerprint density at radius 3 is 2.58 bits per heavy atom. The standard InChI is InChI=1S/C18H15BrN4O2S/c1-11(24)22-16-15(14-4-2-3-9-20-14)23-26-17(16)18(25)21-10-12-5-7-13(19)8-6-12/h2-9H,10H2,1H3,(H,21,25)(H,22,24). The van der Waals surface area contributed by atoms with Crippen molar-refractivity contribution in [2.75, 3.05) is 5.32 Å². The number of rotatable bonds is 5. The van der Waals surface area contributed by atoms with Gasteiger partial charge in [-0.1, -0.05) is 34.1 Å². The molecule has 2 N–H and O–H groups in total. The van der Waals surface area contributed by atoms with Crippen LogP contribution in [0.5, 0.6) is 0 Å². The topological polar surface area (TPSA) is 84.0 Å². The first kappa shape index (κ1) is 18.2. The summed E-state index contributed by atoms with van der Waals surface area (Å²) in [5.41, 5.74) is 2.44. The molecule has 0 unspecified atom stereocenters. The van der Waals surface area contributed by atoms with Crippen LogP contribution in [-0.4, -0.2) is 21.2 Å². The lowest BCUT2D eigenvalue weighted by Crippen LogP contribution is -2.23. The first-order chi connectivity index (χ1) is 12.5. The number of benzene rings is 1. The van der Waals surface area contributed by atoms with Crippen LogP contribution in [-0.2, 0) is 11.3 Å². The van der Waals surface area contributed by atoms with Crippen molar-refractivity contribution in [3.05, 3.63) is 63.6 Å². The number of aromatic nitrogens is 2. The normalized spacial score (nSPS) is 10.4. The molecule has 0 bridgehead atoms. The van der Waals surface area contributed by atoms with Gasteiger partial charge >= 0.3 is 0 Å². The van der Waals surface area contributed by atoms with Crippen molar-refractivity contribution >= 4 is 45.0 Å². The van der Waals surface area contributed by atoms with E-state index in [0.29, 0.717) is 28.5 Å². The van der Waals surface area contributed by atoms with Gasteiger partial charge in [-0.05, 0) is 41.4 Å². The number of nitrogens with one attached hydrogen (secondary N) is 2. The zero-order valence-electron chi connectivity index (χ0n) is 13.8. The van der Waals surface area contributed by atoms with Crippen LogP contribution in [0.3, 0.4) is 0 Å². The second kappa shape index (κ2) is 8.20. The Bertz CT molecular complexity index is 926. The highest BCUT2D eigenvalue weighted by Gasteiger charge is 2.22. The van der Waals surface area contributed by atoms with Gasteiger partial charge in [0.25, 0.3) is 5.91 Å². The van der Waals surface area contributed by atoms with Gasteiger partial charge < -0.3 is 10.6 Å². The zero-order chi connectivity index (χ0) is 18.5. The highest BCUT2D eigenvalue weighted by molar-refractivity contribution is 9.10. The van der Waals surface area contributed by atoms with Crippen LogP contribution >= 0.6 is 27.5 Å². The first-order valence-corrected chi connectivity index (χ1v) is 9.32. The van der Waals surface area contributed by atoms with Crippen molar-refractivity contribution in [1.82, 2.24) is 14.7 Å². The van der Waals surface area contributed by atoms with E-state index in [1.165, 1.54) is 6.92 Å². The summed E-state index contributed by atoms with van der Waals surface area (Å²) in [6, 6.07) is 13.1. The average molecular weight is 431 g/mol. The molecule has 0 aliphatic rings. The van der Waals surface area contributed by atoms with Crippen LogP contribution in [0.4, 0.5) is 5.69 Å². The van der Waals surface area contributed by atoms with Crippen LogP contribution < -0.4 is 10.6 Å². The minimum absolute atomic E-state index is 0.274. The fourth-order valence-electron chi connectivity index (χ4n) is 2.28. The largest absolute Gasteiger partial charge is 0.347 e. The van der Waals surface area contributed by atoms with Crippen LogP contribution in [0, 0.1) is 0 Å². The number of carbonyl (C=O) groups is 2. The van der Waals surface area contributed by atoms with Crippen molar-refractivity contribution in [1.29, 1.82) is 0 Å². The Kier molecular flexibility index (Phi) is 5.75. The molecule has 1 aromatic carbocycles. The Morgan fingerprint density at radius 1 is 1.15 bits per heavy atom. The summed E-state index contributed by atoms with van der Waals surface area (Å²) in [5.74, 6) is -0.569. The van der Waals surface area contributed by atoms with E-state index < -0.39 is 0 Å². The molecule has 0 atom stereocenters. The van der Waals surface area contributed by atoms with Gasteiger partial charge in [0.05, 0.1) is 11.4 Å². The molecular weight excluding hydrogens is 416 g/mol. The lowest BCUT2D eigenvalue weighted by Gasteiger charge is -2.08. The molecule has 26 heavy (non-hydrogen) atoms. The molecule has 3 rings (SSSR count). The predicted octanol–water partition coefficient (Wildman–Crippen LogP) is 3.86. The predicted molar refractivity (Wildman–Crippen MR) is 105 cm³/mol. The van der Waals surface area contributed by atoms with Crippen LogP contribution in [0.1, 0.15) is 22.2 Å². The van der Waals surface area contributed by atoms with E-state index in [-0.39, 0.29) is 11.8 Å². The Hall–Kier alpha value is -2.58. The minimum Gasteiger partial charge on any atom is -0.347 e. The van der Waals surface area contributed by atoms with E-state index in [1.807, 2.05) is 30.3 Å². The average Bonchev–Trinajstić information content (AvgIpc) is 3.04. The van der Waals surface area contributed by atoms with Gasteiger partial charge in [0, 0.05) is 24.1 Å². The number of carbonyl (C=O) groups excluding carboxylic acids is 2. The van der Waals surface area contributed by atoms with Crippen molar-refractivity contribution < 1.29 is 9.59 Å².